The average molecular weight is 277 g/mol. The number of likely N-dealkylation sites (tertiary alicyclic amines) is 1. The molecule has 2 rings (SSSR count). The third kappa shape index (κ3) is 3.82. The average Bonchev–Trinajstić information content (AvgIpc) is 2.82. The smallest absolute Gasteiger partial charge is 0.0540 e. The molecule has 1 aromatic heterocycles. The van der Waals surface area contributed by atoms with Crippen LogP contribution in [0.2, 0.25) is 0 Å². The highest BCUT2D eigenvalue weighted by atomic mass is 32.1. The molecule has 1 aromatic rings. The summed E-state index contributed by atoms with van der Waals surface area (Å²) >= 11 is 1.80. The van der Waals surface area contributed by atoms with Crippen molar-refractivity contribution in [3.05, 3.63) is 21.9 Å². The first-order valence-corrected chi connectivity index (χ1v) is 8.02. The van der Waals surface area contributed by atoms with E-state index in [1.54, 1.807) is 11.3 Å². The van der Waals surface area contributed by atoms with E-state index in [4.69, 9.17) is 5.11 Å². The van der Waals surface area contributed by atoms with Gasteiger partial charge in [-0.05, 0) is 38.1 Å². The molecule has 3 heteroatoms. The van der Waals surface area contributed by atoms with Crippen LogP contribution >= 0.6 is 11.3 Å². The maximum atomic E-state index is 8.79. The number of rotatable bonds is 3. The van der Waals surface area contributed by atoms with E-state index in [0.717, 1.165) is 12.1 Å². The third-order valence-corrected chi connectivity index (χ3v) is 4.81. The molecule has 104 valence electrons. The lowest BCUT2D eigenvalue weighted by Crippen LogP contribution is -2.42. The van der Waals surface area contributed by atoms with Gasteiger partial charge in [0.1, 0.15) is 0 Å². The number of aliphatic hydroxyl groups excluding tert-OH is 1. The molecule has 1 fully saturated rings. The SMILES string of the molecule is CC1CCCC(C)N1Cc1sccc1C#CCCO. The topological polar surface area (TPSA) is 23.5 Å². The van der Waals surface area contributed by atoms with Crippen LogP contribution < -0.4 is 0 Å². The molecule has 2 atom stereocenters. The summed E-state index contributed by atoms with van der Waals surface area (Å²) in [5.41, 5.74) is 1.14. The van der Waals surface area contributed by atoms with Crippen LogP contribution in [0.4, 0.5) is 0 Å². The van der Waals surface area contributed by atoms with E-state index in [9.17, 15) is 0 Å². The zero-order chi connectivity index (χ0) is 13.7. The highest BCUT2D eigenvalue weighted by molar-refractivity contribution is 7.10. The maximum Gasteiger partial charge on any atom is 0.0540 e. The molecule has 1 N–H and O–H groups in total. The zero-order valence-corrected chi connectivity index (χ0v) is 12.7. The summed E-state index contributed by atoms with van der Waals surface area (Å²) in [6, 6.07) is 3.44. The molecule has 2 unspecified atom stereocenters. The number of piperidine rings is 1. The Morgan fingerprint density at radius 2 is 2.11 bits per heavy atom. The molecule has 0 spiro atoms. The Bertz CT molecular complexity index is 447. The molecular formula is C16H23NOS. The van der Waals surface area contributed by atoms with Crippen LogP contribution in [0.25, 0.3) is 0 Å². The number of aliphatic hydroxyl groups is 1. The highest BCUT2D eigenvalue weighted by Gasteiger charge is 2.25. The first-order valence-electron chi connectivity index (χ1n) is 7.14. The predicted octanol–water partition coefficient (Wildman–Crippen LogP) is 3.24. The van der Waals surface area contributed by atoms with Crippen LogP contribution in [-0.4, -0.2) is 28.7 Å². The second-order valence-corrected chi connectivity index (χ2v) is 6.33. The fraction of sp³-hybridized carbons (Fsp3) is 0.625. The van der Waals surface area contributed by atoms with Gasteiger partial charge in [0.25, 0.3) is 0 Å². The van der Waals surface area contributed by atoms with E-state index in [1.807, 2.05) is 0 Å². The molecule has 19 heavy (non-hydrogen) atoms. The van der Waals surface area contributed by atoms with Crippen molar-refractivity contribution in [1.82, 2.24) is 4.90 Å². The Hall–Kier alpha value is -0.820. The summed E-state index contributed by atoms with van der Waals surface area (Å²) in [4.78, 5) is 3.97. The van der Waals surface area contributed by atoms with Gasteiger partial charge in [-0.3, -0.25) is 4.90 Å². The van der Waals surface area contributed by atoms with E-state index < -0.39 is 0 Å². The van der Waals surface area contributed by atoms with Crippen molar-refractivity contribution in [2.75, 3.05) is 6.61 Å². The Labute approximate surface area is 120 Å². The molecule has 1 aliphatic rings. The van der Waals surface area contributed by atoms with Gasteiger partial charge in [0, 0.05) is 35.5 Å². The van der Waals surface area contributed by atoms with E-state index in [1.165, 1.54) is 24.1 Å². The van der Waals surface area contributed by atoms with E-state index in [0.29, 0.717) is 18.5 Å². The van der Waals surface area contributed by atoms with Crippen LogP contribution in [-0.2, 0) is 6.54 Å². The predicted molar refractivity (Wildman–Crippen MR) is 81.2 cm³/mol. The van der Waals surface area contributed by atoms with Crippen LogP contribution in [0.5, 0.6) is 0 Å². The van der Waals surface area contributed by atoms with E-state index in [2.05, 4.69) is 42.0 Å². The van der Waals surface area contributed by atoms with Crippen molar-refractivity contribution in [3.8, 4) is 11.8 Å². The molecule has 0 aliphatic carbocycles. The van der Waals surface area contributed by atoms with Gasteiger partial charge < -0.3 is 5.11 Å². The summed E-state index contributed by atoms with van der Waals surface area (Å²) in [5.74, 6) is 6.21. The van der Waals surface area contributed by atoms with Crippen LogP contribution in [0, 0.1) is 11.8 Å². The summed E-state index contributed by atoms with van der Waals surface area (Å²) < 4.78 is 0. The van der Waals surface area contributed by atoms with Crippen LogP contribution in [0.15, 0.2) is 11.4 Å². The lowest BCUT2D eigenvalue weighted by atomic mass is 9.97. The van der Waals surface area contributed by atoms with Gasteiger partial charge in [-0.15, -0.1) is 11.3 Å². The Balaban J connectivity index is 2.06. The van der Waals surface area contributed by atoms with Crippen LogP contribution in [0.1, 0.15) is 50.0 Å². The first kappa shape index (κ1) is 14.6. The molecule has 0 aromatic carbocycles. The molecule has 1 aliphatic heterocycles. The molecule has 0 radical (unpaired) electrons. The van der Waals surface area contributed by atoms with Gasteiger partial charge in [-0.2, -0.15) is 0 Å². The maximum absolute atomic E-state index is 8.79. The second-order valence-electron chi connectivity index (χ2n) is 5.33. The fourth-order valence-electron chi connectivity index (χ4n) is 2.74. The molecule has 2 nitrogen and oxygen atoms in total. The third-order valence-electron chi connectivity index (χ3n) is 3.91. The fourth-order valence-corrected chi connectivity index (χ4v) is 3.58. The van der Waals surface area contributed by atoms with E-state index in [-0.39, 0.29) is 6.61 Å². The normalized spacial score (nSPS) is 23.9. The number of hydrogen-bond acceptors (Lipinski definition) is 3. The first-order chi connectivity index (χ1) is 9.22. The van der Waals surface area contributed by atoms with Crippen molar-refractivity contribution in [3.63, 3.8) is 0 Å². The molecule has 2 heterocycles. The molecule has 0 bridgehead atoms. The Morgan fingerprint density at radius 1 is 1.37 bits per heavy atom. The minimum Gasteiger partial charge on any atom is -0.395 e. The van der Waals surface area contributed by atoms with Gasteiger partial charge in [0.15, 0.2) is 0 Å². The van der Waals surface area contributed by atoms with Gasteiger partial charge in [0.05, 0.1) is 6.61 Å². The van der Waals surface area contributed by atoms with Crippen molar-refractivity contribution in [1.29, 1.82) is 0 Å². The van der Waals surface area contributed by atoms with Gasteiger partial charge >= 0.3 is 0 Å². The number of thiophene rings is 1. The standard InChI is InChI=1S/C16H23NOS/c1-13-6-5-7-14(2)17(13)12-16-15(9-11-19-16)8-3-4-10-18/h9,11,13-14,18H,4-7,10,12H2,1-2H3. The monoisotopic (exact) mass is 277 g/mol. The van der Waals surface area contributed by atoms with Crippen molar-refractivity contribution >= 4 is 11.3 Å². The minimum absolute atomic E-state index is 0.145. The quantitative estimate of drug-likeness (QED) is 0.857. The second kappa shape index (κ2) is 7.09. The Morgan fingerprint density at radius 3 is 2.79 bits per heavy atom. The van der Waals surface area contributed by atoms with Gasteiger partial charge in [-0.1, -0.05) is 18.3 Å². The summed E-state index contributed by atoms with van der Waals surface area (Å²) in [7, 11) is 0. The lowest BCUT2D eigenvalue weighted by molar-refractivity contribution is 0.0964. The minimum atomic E-state index is 0.145. The van der Waals surface area contributed by atoms with Gasteiger partial charge in [0.2, 0.25) is 0 Å². The number of hydrogen-bond donors (Lipinski definition) is 1. The molecule has 1 saturated heterocycles. The molecule has 0 saturated carbocycles. The summed E-state index contributed by atoms with van der Waals surface area (Å²) in [5, 5.41) is 10.9. The summed E-state index contributed by atoms with van der Waals surface area (Å²) in [6.45, 7) is 5.83. The van der Waals surface area contributed by atoms with Crippen LogP contribution in [0.3, 0.4) is 0 Å². The van der Waals surface area contributed by atoms with Crippen molar-refractivity contribution in [2.45, 2.75) is 58.2 Å². The van der Waals surface area contributed by atoms with Crippen molar-refractivity contribution in [2.24, 2.45) is 0 Å². The Kier molecular flexibility index (Phi) is 5.45. The van der Waals surface area contributed by atoms with Gasteiger partial charge in [-0.25, -0.2) is 0 Å². The van der Waals surface area contributed by atoms with Crippen molar-refractivity contribution < 1.29 is 5.11 Å². The molecule has 0 amide bonds. The van der Waals surface area contributed by atoms with E-state index >= 15 is 0 Å². The number of nitrogens with zero attached hydrogens (tertiary/aromatic N) is 1. The zero-order valence-electron chi connectivity index (χ0n) is 11.9. The highest BCUT2D eigenvalue weighted by Crippen LogP contribution is 2.27. The largest absolute Gasteiger partial charge is 0.395 e. The lowest BCUT2D eigenvalue weighted by Gasteiger charge is -2.38. The summed E-state index contributed by atoms with van der Waals surface area (Å²) in [6.07, 6.45) is 4.53. The molecular weight excluding hydrogens is 254 g/mol.